The number of hydrogen-bond donors (Lipinski definition) is 1. The smallest absolute Gasteiger partial charge is 0.349 e. The molecule has 0 fully saturated rings. The summed E-state index contributed by atoms with van der Waals surface area (Å²) in [5, 5.41) is 0.233. The molecule has 0 saturated heterocycles. The Morgan fingerprint density at radius 2 is 1.93 bits per heavy atom. The van der Waals surface area contributed by atoms with E-state index < -0.39 is 11.7 Å². The molecule has 0 bridgehead atoms. The van der Waals surface area contributed by atoms with Crippen molar-refractivity contribution in [2.45, 2.75) is 13.1 Å². The maximum absolute atomic E-state index is 12.7. The van der Waals surface area contributed by atoms with Crippen molar-refractivity contribution in [2.24, 2.45) is 0 Å². The van der Waals surface area contributed by atoms with Crippen LogP contribution in [0.5, 0.6) is 0 Å². The molecule has 0 aliphatic heterocycles. The van der Waals surface area contributed by atoms with E-state index in [1.165, 1.54) is 6.07 Å². The van der Waals surface area contributed by atoms with Crippen LogP contribution in [0.3, 0.4) is 0 Å². The van der Waals surface area contributed by atoms with Crippen molar-refractivity contribution < 1.29 is 13.2 Å². The molecule has 0 unspecified atom stereocenters. The molecule has 0 aliphatic rings. The summed E-state index contributed by atoms with van der Waals surface area (Å²) >= 11 is 3.19. The number of aromatic amines is 1. The average Bonchev–Trinajstić information content (AvgIpc) is 2.41. The van der Waals surface area contributed by atoms with Crippen molar-refractivity contribution in [3.8, 4) is 0 Å². The summed E-state index contributed by atoms with van der Waals surface area (Å²) in [6.07, 6.45) is -4.31. The molecule has 15 heavy (non-hydrogen) atoms. The van der Waals surface area contributed by atoms with Gasteiger partial charge < -0.3 is 4.98 Å². The lowest BCUT2D eigenvalue weighted by molar-refractivity contribution is -0.136. The van der Waals surface area contributed by atoms with Gasteiger partial charge in [0.2, 0.25) is 0 Å². The van der Waals surface area contributed by atoms with Crippen molar-refractivity contribution in [3.63, 3.8) is 0 Å². The van der Waals surface area contributed by atoms with E-state index >= 15 is 0 Å². The highest BCUT2D eigenvalue weighted by molar-refractivity contribution is 9.10. The van der Waals surface area contributed by atoms with Crippen molar-refractivity contribution in [1.82, 2.24) is 4.98 Å². The second-order valence-corrected chi connectivity index (χ2v) is 4.08. The number of H-pyrrole nitrogens is 1. The Kier molecular flexibility index (Phi) is 2.30. The van der Waals surface area contributed by atoms with Crippen LogP contribution in [0.2, 0.25) is 0 Å². The summed E-state index contributed by atoms with van der Waals surface area (Å²) in [5.41, 5.74) is 0.478. The van der Waals surface area contributed by atoms with Gasteiger partial charge >= 0.3 is 6.18 Å². The number of hydrogen-bond acceptors (Lipinski definition) is 0. The van der Waals surface area contributed by atoms with E-state index in [0.717, 1.165) is 6.07 Å². The number of benzene rings is 1. The van der Waals surface area contributed by atoms with Crippen LogP contribution in [-0.4, -0.2) is 4.98 Å². The Bertz CT molecular complexity index is 513. The average molecular weight is 278 g/mol. The number of aromatic nitrogens is 1. The first-order valence-corrected chi connectivity index (χ1v) is 5.04. The molecule has 1 N–H and O–H groups in total. The predicted octanol–water partition coefficient (Wildman–Crippen LogP) is 4.26. The minimum Gasteiger partial charge on any atom is -0.349 e. The molecular formula is C10H7BrF3N. The standard InChI is InChI=1S/C10H7BrF3N/c1-5-8-6(10(12,13)14)3-2-4-7(8)15-9(5)11/h2-4,15H,1H3. The van der Waals surface area contributed by atoms with Gasteiger partial charge in [0.15, 0.2) is 0 Å². The fourth-order valence-electron chi connectivity index (χ4n) is 1.62. The van der Waals surface area contributed by atoms with Crippen molar-refractivity contribution >= 4 is 26.8 Å². The van der Waals surface area contributed by atoms with E-state index in [-0.39, 0.29) is 5.39 Å². The van der Waals surface area contributed by atoms with Crippen molar-refractivity contribution in [1.29, 1.82) is 0 Å². The molecular weight excluding hydrogens is 271 g/mol. The monoisotopic (exact) mass is 277 g/mol. The highest BCUT2D eigenvalue weighted by Gasteiger charge is 2.33. The zero-order chi connectivity index (χ0) is 11.2. The van der Waals surface area contributed by atoms with E-state index in [2.05, 4.69) is 20.9 Å². The summed E-state index contributed by atoms with van der Waals surface area (Å²) in [4.78, 5) is 2.86. The first-order chi connectivity index (χ1) is 6.91. The highest BCUT2D eigenvalue weighted by atomic mass is 79.9. The Morgan fingerprint density at radius 1 is 1.27 bits per heavy atom. The summed E-state index contributed by atoms with van der Waals surface area (Å²) in [6, 6.07) is 4.12. The molecule has 0 amide bonds. The second kappa shape index (κ2) is 3.27. The van der Waals surface area contributed by atoms with Gasteiger partial charge in [0.1, 0.15) is 0 Å². The third kappa shape index (κ3) is 1.65. The van der Waals surface area contributed by atoms with E-state index in [4.69, 9.17) is 0 Å². The first-order valence-electron chi connectivity index (χ1n) is 4.25. The van der Waals surface area contributed by atoms with E-state index in [1.807, 2.05) is 0 Å². The highest BCUT2D eigenvalue weighted by Crippen LogP contribution is 2.37. The molecule has 0 radical (unpaired) electrons. The normalized spacial score (nSPS) is 12.3. The topological polar surface area (TPSA) is 15.8 Å². The lowest BCUT2D eigenvalue weighted by Crippen LogP contribution is -2.05. The van der Waals surface area contributed by atoms with E-state index in [1.54, 1.807) is 13.0 Å². The van der Waals surface area contributed by atoms with Gasteiger partial charge in [-0.15, -0.1) is 0 Å². The number of rotatable bonds is 0. The molecule has 2 rings (SSSR count). The third-order valence-corrected chi connectivity index (χ3v) is 3.11. The molecule has 0 aliphatic carbocycles. The van der Waals surface area contributed by atoms with Crippen LogP contribution in [0.15, 0.2) is 22.8 Å². The van der Waals surface area contributed by atoms with Gasteiger partial charge in [0, 0.05) is 10.9 Å². The molecule has 80 valence electrons. The largest absolute Gasteiger partial charge is 0.417 e. The van der Waals surface area contributed by atoms with E-state index in [0.29, 0.717) is 15.7 Å². The fraction of sp³-hybridized carbons (Fsp3) is 0.200. The first kappa shape index (κ1) is 10.5. The molecule has 0 spiro atoms. The van der Waals surface area contributed by atoms with Gasteiger partial charge in [0.05, 0.1) is 10.2 Å². The van der Waals surface area contributed by atoms with Crippen LogP contribution in [0.1, 0.15) is 11.1 Å². The van der Waals surface area contributed by atoms with Gasteiger partial charge in [-0.25, -0.2) is 0 Å². The molecule has 1 aromatic heterocycles. The maximum Gasteiger partial charge on any atom is 0.417 e. The Morgan fingerprint density at radius 3 is 2.53 bits per heavy atom. The van der Waals surface area contributed by atoms with Crippen LogP contribution < -0.4 is 0 Å². The zero-order valence-corrected chi connectivity index (χ0v) is 9.33. The van der Waals surface area contributed by atoms with Crippen molar-refractivity contribution in [3.05, 3.63) is 33.9 Å². The minimum absolute atomic E-state index is 0.233. The van der Waals surface area contributed by atoms with Gasteiger partial charge in [-0.1, -0.05) is 6.07 Å². The van der Waals surface area contributed by atoms with Gasteiger partial charge in [-0.05, 0) is 40.5 Å². The number of aryl methyl sites for hydroxylation is 1. The van der Waals surface area contributed by atoms with Gasteiger partial charge in [-0.3, -0.25) is 0 Å². The van der Waals surface area contributed by atoms with Crippen LogP contribution in [-0.2, 0) is 6.18 Å². The van der Waals surface area contributed by atoms with Crippen molar-refractivity contribution in [2.75, 3.05) is 0 Å². The molecule has 0 atom stereocenters. The van der Waals surface area contributed by atoms with Crippen LogP contribution >= 0.6 is 15.9 Å². The number of halogens is 4. The maximum atomic E-state index is 12.7. The Balaban J connectivity index is 2.86. The summed E-state index contributed by atoms with van der Waals surface area (Å²) in [6.45, 7) is 1.65. The lowest BCUT2D eigenvalue weighted by atomic mass is 10.1. The molecule has 2 aromatic rings. The van der Waals surface area contributed by atoms with Crippen LogP contribution in [0.25, 0.3) is 10.9 Å². The predicted molar refractivity (Wildman–Crippen MR) is 55.7 cm³/mol. The zero-order valence-electron chi connectivity index (χ0n) is 7.74. The van der Waals surface area contributed by atoms with E-state index in [9.17, 15) is 13.2 Å². The summed E-state index contributed by atoms with van der Waals surface area (Å²) in [7, 11) is 0. The quantitative estimate of drug-likeness (QED) is 0.741. The Labute approximate surface area is 92.4 Å². The van der Waals surface area contributed by atoms with Gasteiger partial charge in [0.25, 0.3) is 0 Å². The van der Waals surface area contributed by atoms with Crippen LogP contribution in [0, 0.1) is 6.92 Å². The lowest BCUT2D eigenvalue weighted by Gasteiger charge is -2.08. The molecule has 1 heterocycles. The van der Waals surface area contributed by atoms with Gasteiger partial charge in [-0.2, -0.15) is 13.2 Å². The minimum atomic E-state index is -4.31. The third-order valence-electron chi connectivity index (χ3n) is 2.32. The second-order valence-electron chi connectivity index (χ2n) is 3.29. The molecule has 0 saturated carbocycles. The van der Waals surface area contributed by atoms with Crippen LogP contribution in [0.4, 0.5) is 13.2 Å². The Hall–Kier alpha value is -0.970. The summed E-state index contributed by atoms with van der Waals surface area (Å²) in [5.74, 6) is 0. The fourth-order valence-corrected chi connectivity index (χ4v) is 2.03. The molecule has 1 nitrogen and oxygen atoms in total. The molecule has 1 aromatic carbocycles. The number of nitrogens with one attached hydrogen (secondary N) is 1. The number of fused-ring (bicyclic) bond motifs is 1. The SMILES string of the molecule is Cc1c(Br)[nH]c2cccc(C(F)(F)F)c12. The summed E-state index contributed by atoms with van der Waals surface area (Å²) < 4.78 is 38.6. The molecule has 5 heteroatoms. The number of alkyl halides is 3.